The van der Waals surface area contributed by atoms with Gasteiger partial charge in [0.15, 0.2) is 0 Å². The average molecular weight is 396 g/mol. The summed E-state index contributed by atoms with van der Waals surface area (Å²) in [6.45, 7) is 0. The Labute approximate surface area is 153 Å². The largest absolute Gasteiger partial charge is 0.507 e. The molecule has 0 aromatic heterocycles. The minimum absolute atomic E-state index is 0.0461. The molecule has 5 nitrogen and oxygen atoms in total. The molecule has 6 heteroatoms. The molecule has 0 unspecified atom stereocenters. The Morgan fingerprint density at radius 1 is 1.28 bits per heavy atom. The number of hydrogen-bond acceptors (Lipinski definition) is 4. The first-order valence-electron chi connectivity index (χ1n) is 7.63. The van der Waals surface area contributed by atoms with Gasteiger partial charge in [-0.2, -0.15) is 10.4 Å². The molecule has 0 bridgehead atoms. The number of carbonyl (C=O) groups is 1. The smallest absolute Gasteiger partial charge is 0.282 e. The third-order valence-electron chi connectivity index (χ3n) is 3.99. The van der Waals surface area contributed by atoms with Gasteiger partial charge in [0.05, 0.1) is 6.21 Å². The van der Waals surface area contributed by atoms with Gasteiger partial charge < -0.3 is 5.11 Å². The van der Waals surface area contributed by atoms with Gasteiger partial charge in [0, 0.05) is 10.0 Å². The summed E-state index contributed by atoms with van der Waals surface area (Å²) in [6.07, 6.45) is 2.81. The molecule has 0 heterocycles. The van der Waals surface area contributed by atoms with Crippen LogP contribution in [-0.2, 0) is 11.2 Å². The number of nitrogens with zero attached hydrogens (tertiary/aromatic N) is 2. The van der Waals surface area contributed by atoms with Crippen molar-refractivity contribution in [3.05, 3.63) is 69.2 Å². The van der Waals surface area contributed by atoms with Crippen molar-refractivity contribution in [2.75, 3.05) is 0 Å². The minimum Gasteiger partial charge on any atom is -0.507 e. The molecule has 2 aromatic rings. The average Bonchev–Trinajstić information content (AvgIpc) is 3.03. The lowest BCUT2D eigenvalue weighted by molar-refractivity contribution is -0.117. The van der Waals surface area contributed by atoms with Crippen LogP contribution in [0, 0.1) is 11.3 Å². The molecule has 25 heavy (non-hydrogen) atoms. The highest BCUT2D eigenvalue weighted by atomic mass is 79.9. The van der Waals surface area contributed by atoms with Crippen LogP contribution in [0.1, 0.15) is 23.1 Å². The molecule has 0 spiro atoms. The van der Waals surface area contributed by atoms with E-state index in [9.17, 15) is 15.2 Å². The van der Waals surface area contributed by atoms with Crippen LogP contribution in [0.5, 0.6) is 5.75 Å². The Kier molecular flexibility index (Phi) is 4.96. The van der Waals surface area contributed by atoms with E-state index in [1.807, 2.05) is 30.3 Å². The van der Waals surface area contributed by atoms with Gasteiger partial charge in [-0.25, -0.2) is 5.43 Å². The van der Waals surface area contributed by atoms with Crippen LogP contribution in [0.15, 0.2) is 57.6 Å². The summed E-state index contributed by atoms with van der Waals surface area (Å²) < 4.78 is 0.778. The van der Waals surface area contributed by atoms with Crippen molar-refractivity contribution in [2.24, 2.45) is 5.10 Å². The van der Waals surface area contributed by atoms with Crippen LogP contribution in [0.4, 0.5) is 0 Å². The molecule has 0 saturated heterocycles. The molecular weight excluding hydrogens is 382 g/mol. The second-order valence-electron chi connectivity index (χ2n) is 5.52. The predicted molar refractivity (Wildman–Crippen MR) is 98.8 cm³/mol. The monoisotopic (exact) mass is 395 g/mol. The predicted octanol–water partition coefficient (Wildman–Crippen LogP) is 3.53. The Morgan fingerprint density at radius 3 is 2.88 bits per heavy atom. The van der Waals surface area contributed by atoms with Crippen molar-refractivity contribution in [1.82, 2.24) is 5.43 Å². The van der Waals surface area contributed by atoms with Gasteiger partial charge in [0.1, 0.15) is 17.4 Å². The van der Waals surface area contributed by atoms with E-state index in [-0.39, 0.29) is 11.3 Å². The van der Waals surface area contributed by atoms with Crippen molar-refractivity contribution in [2.45, 2.75) is 12.8 Å². The summed E-state index contributed by atoms with van der Waals surface area (Å²) in [6, 6.07) is 14.6. The minimum atomic E-state index is -0.556. The summed E-state index contributed by atoms with van der Waals surface area (Å²) in [5.41, 5.74) is 5.71. The molecule has 1 amide bonds. The highest BCUT2D eigenvalue weighted by Gasteiger charge is 2.23. The molecule has 2 aromatic carbocycles. The SMILES string of the molecule is N#CC(C(=O)N/N=C/c1cc(Br)ccc1O)=C1CCc2ccccc21. The van der Waals surface area contributed by atoms with E-state index >= 15 is 0 Å². The molecule has 3 rings (SSSR count). The zero-order chi connectivity index (χ0) is 17.8. The molecule has 0 radical (unpaired) electrons. The van der Waals surface area contributed by atoms with Gasteiger partial charge in [-0.3, -0.25) is 4.79 Å². The second-order valence-corrected chi connectivity index (χ2v) is 6.44. The number of nitrogens with one attached hydrogen (secondary N) is 1. The van der Waals surface area contributed by atoms with E-state index in [1.54, 1.807) is 12.1 Å². The van der Waals surface area contributed by atoms with Crippen LogP contribution in [-0.4, -0.2) is 17.2 Å². The second kappa shape index (κ2) is 7.32. The maximum atomic E-state index is 12.3. The highest BCUT2D eigenvalue weighted by molar-refractivity contribution is 9.10. The zero-order valence-electron chi connectivity index (χ0n) is 13.2. The number of fused-ring (bicyclic) bond motifs is 1. The number of aromatic hydroxyl groups is 1. The number of benzene rings is 2. The van der Waals surface area contributed by atoms with Crippen LogP contribution < -0.4 is 5.43 Å². The molecule has 0 saturated carbocycles. The standard InChI is InChI=1S/C19H14BrN3O2/c20-14-6-8-18(24)13(9-14)11-22-23-19(25)17(10-21)16-7-5-12-3-1-2-4-15(12)16/h1-4,6,8-9,11,24H,5,7H2,(H,23,25)/b17-16?,22-11+. The molecule has 124 valence electrons. The quantitative estimate of drug-likeness (QED) is 0.360. The van der Waals surface area contributed by atoms with E-state index in [2.05, 4.69) is 26.5 Å². The number of hydrogen-bond donors (Lipinski definition) is 2. The first kappa shape index (κ1) is 16.9. The van der Waals surface area contributed by atoms with E-state index in [0.29, 0.717) is 12.0 Å². The number of phenols is 1. The summed E-state index contributed by atoms with van der Waals surface area (Å²) in [5.74, 6) is -0.510. The number of carbonyl (C=O) groups excluding carboxylic acids is 1. The van der Waals surface area contributed by atoms with E-state index in [1.165, 1.54) is 12.3 Å². The van der Waals surface area contributed by atoms with Gasteiger partial charge in [0.2, 0.25) is 0 Å². The Bertz CT molecular complexity index is 942. The Hall–Kier alpha value is -2.91. The van der Waals surface area contributed by atoms with Crippen LogP contribution in [0.3, 0.4) is 0 Å². The maximum Gasteiger partial charge on any atom is 0.282 e. The van der Waals surface area contributed by atoms with Gasteiger partial charge in [-0.05, 0) is 47.7 Å². The van der Waals surface area contributed by atoms with Crippen molar-refractivity contribution in [1.29, 1.82) is 5.26 Å². The van der Waals surface area contributed by atoms with Crippen LogP contribution in [0.2, 0.25) is 0 Å². The topological polar surface area (TPSA) is 85.5 Å². The number of halogens is 1. The van der Waals surface area contributed by atoms with Crippen molar-refractivity contribution < 1.29 is 9.90 Å². The molecular formula is C19H14BrN3O2. The van der Waals surface area contributed by atoms with E-state index in [4.69, 9.17) is 0 Å². The number of hydrazone groups is 1. The zero-order valence-corrected chi connectivity index (χ0v) is 14.7. The molecule has 1 aliphatic carbocycles. The third kappa shape index (κ3) is 3.62. The number of phenolic OH excluding ortho intramolecular Hbond substituents is 1. The maximum absolute atomic E-state index is 12.3. The molecule has 1 aliphatic rings. The number of aryl methyl sites for hydroxylation is 1. The normalized spacial score (nSPS) is 14.9. The number of rotatable bonds is 3. The number of allylic oxidation sites excluding steroid dienone is 1. The van der Waals surface area contributed by atoms with Crippen LogP contribution in [0.25, 0.3) is 5.57 Å². The first-order valence-corrected chi connectivity index (χ1v) is 8.43. The summed E-state index contributed by atoms with van der Waals surface area (Å²) in [7, 11) is 0. The lowest BCUT2D eigenvalue weighted by Crippen LogP contribution is -2.20. The van der Waals surface area contributed by atoms with Crippen LogP contribution >= 0.6 is 15.9 Å². The molecule has 0 fully saturated rings. The fourth-order valence-corrected chi connectivity index (χ4v) is 3.17. The van der Waals surface area contributed by atoms with Crippen molar-refractivity contribution >= 4 is 33.6 Å². The Balaban J connectivity index is 1.81. The number of amides is 1. The molecule has 2 N–H and O–H groups in total. The van der Waals surface area contributed by atoms with Gasteiger partial charge in [-0.15, -0.1) is 0 Å². The van der Waals surface area contributed by atoms with Gasteiger partial charge in [0.25, 0.3) is 5.91 Å². The summed E-state index contributed by atoms with van der Waals surface area (Å²) in [4.78, 5) is 12.3. The first-order chi connectivity index (χ1) is 12.1. The van der Waals surface area contributed by atoms with Gasteiger partial charge in [-0.1, -0.05) is 40.2 Å². The molecule has 0 atom stereocenters. The fourth-order valence-electron chi connectivity index (χ4n) is 2.79. The summed E-state index contributed by atoms with van der Waals surface area (Å²) in [5, 5.41) is 23.0. The van der Waals surface area contributed by atoms with E-state index in [0.717, 1.165) is 27.6 Å². The number of nitriles is 1. The van der Waals surface area contributed by atoms with Crippen molar-refractivity contribution in [3.8, 4) is 11.8 Å². The third-order valence-corrected chi connectivity index (χ3v) is 4.48. The lowest BCUT2D eigenvalue weighted by atomic mass is 10.0. The van der Waals surface area contributed by atoms with Crippen molar-refractivity contribution in [3.63, 3.8) is 0 Å². The van der Waals surface area contributed by atoms with E-state index < -0.39 is 5.91 Å². The summed E-state index contributed by atoms with van der Waals surface area (Å²) >= 11 is 3.30. The fraction of sp³-hybridized carbons (Fsp3) is 0.105. The Morgan fingerprint density at radius 2 is 2.08 bits per heavy atom. The lowest BCUT2D eigenvalue weighted by Gasteiger charge is -2.04. The highest BCUT2D eigenvalue weighted by Crippen LogP contribution is 2.34. The van der Waals surface area contributed by atoms with Gasteiger partial charge >= 0.3 is 0 Å². The molecule has 0 aliphatic heterocycles.